The normalized spacial score (nSPS) is 16.3. The molecule has 3 aromatic rings. The van der Waals surface area contributed by atoms with Crippen molar-refractivity contribution in [3.63, 3.8) is 0 Å². The van der Waals surface area contributed by atoms with Crippen LogP contribution < -0.4 is 4.90 Å². The zero-order chi connectivity index (χ0) is 18.3. The molecule has 0 bridgehead atoms. The van der Waals surface area contributed by atoms with Crippen LogP contribution in [0.3, 0.4) is 0 Å². The first kappa shape index (κ1) is 18.0. The van der Waals surface area contributed by atoms with Crippen LogP contribution in [0.15, 0.2) is 46.8 Å². The lowest BCUT2D eigenvalue weighted by atomic mass is 10.1. The van der Waals surface area contributed by atoms with E-state index in [0.29, 0.717) is 39.7 Å². The summed E-state index contributed by atoms with van der Waals surface area (Å²) in [4.78, 5) is 6.55. The summed E-state index contributed by atoms with van der Waals surface area (Å²) < 4.78 is 27.7. The van der Waals surface area contributed by atoms with Crippen molar-refractivity contribution >= 4 is 61.2 Å². The average Bonchev–Trinajstić information content (AvgIpc) is 3.08. The fourth-order valence-electron chi connectivity index (χ4n) is 3.11. The van der Waals surface area contributed by atoms with Gasteiger partial charge in [-0.3, -0.25) is 4.98 Å². The molecule has 1 aliphatic rings. The molecule has 1 aromatic carbocycles. The van der Waals surface area contributed by atoms with E-state index in [1.165, 1.54) is 4.31 Å². The summed E-state index contributed by atoms with van der Waals surface area (Å²) in [7, 11) is -3.48. The molecule has 4 rings (SSSR count). The quantitative estimate of drug-likeness (QED) is 0.630. The van der Waals surface area contributed by atoms with Crippen molar-refractivity contribution in [3.05, 3.63) is 52.0 Å². The first-order valence-corrected chi connectivity index (χ1v) is 11.0. The van der Waals surface area contributed by atoms with E-state index in [9.17, 15) is 8.42 Å². The Hall–Kier alpha value is -1.38. The number of nitrogens with zero attached hydrogens (tertiary/aromatic N) is 3. The lowest BCUT2D eigenvalue weighted by molar-refractivity contribution is 0.386. The van der Waals surface area contributed by atoms with Crippen molar-refractivity contribution in [1.29, 1.82) is 0 Å². The molecule has 3 heterocycles. The third kappa shape index (κ3) is 3.30. The van der Waals surface area contributed by atoms with Crippen LogP contribution >= 0.6 is 34.5 Å². The van der Waals surface area contributed by atoms with Gasteiger partial charge in [0.05, 0.1) is 9.85 Å². The molecule has 0 unspecified atom stereocenters. The van der Waals surface area contributed by atoms with Crippen LogP contribution in [-0.2, 0) is 10.0 Å². The van der Waals surface area contributed by atoms with Crippen LogP contribution in [0, 0.1) is 0 Å². The number of hydrogen-bond donors (Lipinski definition) is 0. The van der Waals surface area contributed by atoms with Crippen LogP contribution in [0.4, 0.5) is 5.69 Å². The summed E-state index contributed by atoms with van der Waals surface area (Å²) >= 11 is 13.0. The summed E-state index contributed by atoms with van der Waals surface area (Å²) in [5.41, 5.74) is 1.88. The number of piperazine rings is 1. The van der Waals surface area contributed by atoms with E-state index < -0.39 is 10.0 Å². The molecule has 5 nitrogen and oxygen atoms in total. The highest BCUT2D eigenvalue weighted by molar-refractivity contribution is 7.91. The van der Waals surface area contributed by atoms with E-state index in [0.717, 1.165) is 27.9 Å². The molecule has 26 heavy (non-hydrogen) atoms. The molecule has 0 spiro atoms. The van der Waals surface area contributed by atoms with Gasteiger partial charge >= 0.3 is 0 Å². The third-order valence-corrected chi connectivity index (χ3v) is 8.24. The lowest BCUT2D eigenvalue weighted by Gasteiger charge is -2.35. The molecule has 0 radical (unpaired) electrons. The first-order chi connectivity index (χ1) is 12.4. The smallest absolute Gasteiger partial charge is 0.252 e. The maximum absolute atomic E-state index is 12.7. The van der Waals surface area contributed by atoms with Gasteiger partial charge in [0.2, 0.25) is 0 Å². The van der Waals surface area contributed by atoms with Gasteiger partial charge in [0.15, 0.2) is 0 Å². The van der Waals surface area contributed by atoms with Crippen molar-refractivity contribution in [3.8, 4) is 0 Å². The Morgan fingerprint density at radius 1 is 1.00 bits per heavy atom. The minimum Gasteiger partial charge on any atom is -0.368 e. The molecule has 0 aliphatic carbocycles. The molecular formula is C17H15Cl2N3O2S2. The number of fused-ring (bicyclic) bond motifs is 1. The van der Waals surface area contributed by atoms with E-state index in [1.54, 1.807) is 18.3 Å². The fraction of sp³-hybridized carbons (Fsp3) is 0.235. The number of aromatic nitrogens is 1. The summed E-state index contributed by atoms with van der Waals surface area (Å²) in [6.07, 6.45) is 1.75. The standard InChI is InChI=1S/C17H15Cl2N3O2S2/c18-12-1-2-13-14(11-12)20-6-5-15(13)21-7-9-22(10-8-21)26(23,24)17-4-3-16(19)25-17/h1-6,11H,7-10H2. The monoisotopic (exact) mass is 427 g/mol. The third-order valence-electron chi connectivity index (χ3n) is 4.40. The number of rotatable bonds is 3. The molecule has 1 fully saturated rings. The number of benzene rings is 1. The van der Waals surface area contributed by atoms with E-state index in [-0.39, 0.29) is 0 Å². The van der Waals surface area contributed by atoms with Crippen molar-refractivity contribution in [2.45, 2.75) is 4.21 Å². The zero-order valence-electron chi connectivity index (χ0n) is 13.6. The van der Waals surface area contributed by atoms with Crippen LogP contribution in [0.25, 0.3) is 10.9 Å². The second-order valence-electron chi connectivity index (χ2n) is 5.94. The largest absolute Gasteiger partial charge is 0.368 e. The molecular weight excluding hydrogens is 413 g/mol. The van der Waals surface area contributed by atoms with Crippen molar-refractivity contribution in [2.75, 3.05) is 31.1 Å². The summed E-state index contributed by atoms with van der Waals surface area (Å²) in [5, 5.41) is 1.66. The maximum Gasteiger partial charge on any atom is 0.252 e. The number of thiophene rings is 1. The predicted octanol–water partition coefficient (Wildman–Crippen LogP) is 4.11. The molecule has 9 heteroatoms. The molecule has 2 aromatic heterocycles. The van der Waals surface area contributed by atoms with Gasteiger partial charge in [-0.15, -0.1) is 11.3 Å². The Kier molecular flexibility index (Phi) is 4.83. The molecule has 136 valence electrons. The number of pyridine rings is 1. The van der Waals surface area contributed by atoms with Crippen LogP contribution in [0.5, 0.6) is 0 Å². The van der Waals surface area contributed by atoms with E-state index in [1.807, 2.05) is 24.3 Å². The Balaban J connectivity index is 1.56. The highest BCUT2D eigenvalue weighted by atomic mass is 35.5. The Bertz CT molecular complexity index is 1060. The van der Waals surface area contributed by atoms with Gasteiger partial charge in [-0.25, -0.2) is 8.42 Å². The minimum absolute atomic E-state index is 0.292. The van der Waals surface area contributed by atoms with Gasteiger partial charge in [-0.2, -0.15) is 4.31 Å². The highest BCUT2D eigenvalue weighted by Crippen LogP contribution is 2.31. The zero-order valence-corrected chi connectivity index (χ0v) is 16.7. The SMILES string of the molecule is O=S(=O)(c1ccc(Cl)s1)N1CCN(c2ccnc3cc(Cl)ccc23)CC1. The second kappa shape index (κ2) is 6.98. The van der Waals surface area contributed by atoms with Gasteiger partial charge < -0.3 is 4.90 Å². The average molecular weight is 428 g/mol. The van der Waals surface area contributed by atoms with Crippen LogP contribution in [0.1, 0.15) is 0 Å². The highest BCUT2D eigenvalue weighted by Gasteiger charge is 2.30. The van der Waals surface area contributed by atoms with E-state index in [2.05, 4.69) is 9.88 Å². The van der Waals surface area contributed by atoms with Crippen molar-refractivity contribution < 1.29 is 8.42 Å². The Morgan fingerprint density at radius 2 is 1.77 bits per heavy atom. The molecule has 0 saturated carbocycles. The molecule has 1 saturated heterocycles. The van der Waals surface area contributed by atoms with Crippen LogP contribution in [-0.4, -0.2) is 43.9 Å². The van der Waals surface area contributed by atoms with E-state index in [4.69, 9.17) is 23.2 Å². The van der Waals surface area contributed by atoms with Gasteiger partial charge in [-0.05, 0) is 36.4 Å². The summed E-state index contributed by atoms with van der Waals surface area (Å²) in [6.45, 7) is 2.07. The molecule has 0 atom stereocenters. The number of hydrogen-bond acceptors (Lipinski definition) is 5. The number of sulfonamides is 1. The van der Waals surface area contributed by atoms with E-state index >= 15 is 0 Å². The summed E-state index contributed by atoms with van der Waals surface area (Å²) in [6, 6.07) is 10.8. The van der Waals surface area contributed by atoms with Gasteiger partial charge in [0, 0.05) is 48.5 Å². The Morgan fingerprint density at radius 3 is 2.46 bits per heavy atom. The second-order valence-corrected chi connectivity index (χ2v) is 10.3. The van der Waals surface area contributed by atoms with Gasteiger partial charge in [-0.1, -0.05) is 23.2 Å². The van der Waals surface area contributed by atoms with Gasteiger partial charge in [0.25, 0.3) is 10.0 Å². The minimum atomic E-state index is -3.48. The topological polar surface area (TPSA) is 53.5 Å². The predicted molar refractivity (Wildman–Crippen MR) is 107 cm³/mol. The van der Waals surface area contributed by atoms with Crippen LogP contribution in [0.2, 0.25) is 9.36 Å². The lowest BCUT2D eigenvalue weighted by Crippen LogP contribution is -2.48. The molecule has 1 aliphatic heterocycles. The Labute approximate surface area is 165 Å². The first-order valence-electron chi connectivity index (χ1n) is 8.00. The molecule has 0 amide bonds. The number of halogens is 2. The van der Waals surface area contributed by atoms with Gasteiger partial charge in [0.1, 0.15) is 4.21 Å². The maximum atomic E-state index is 12.7. The summed E-state index contributed by atoms with van der Waals surface area (Å²) in [5.74, 6) is 0. The fourth-order valence-corrected chi connectivity index (χ4v) is 6.34. The molecule has 0 N–H and O–H groups in total. The van der Waals surface area contributed by atoms with Crippen molar-refractivity contribution in [1.82, 2.24) is 9.29 Å². The van der Waals surface area contributed by atoms with Crippen molar-refractivity contribution in [2.24, 2.45) is 0 Å². The number of anilines is 1.